The molecule has 0 heterocycles. The molecule has 0 spiro atoms. The van der Waals surface area contributed by atoms with Crippen molar-refractivity contribution >= 4 is 33.1 Å². The van der Waals surface area contributed by atoms with Gasteiger partial charge in [-0.3, -0.25) is 4.79 Å². The van der Waals surface area contributed by atoms with Gasteiger partial charge >= 0.3 is 0 Å². The molecule has 0 unspecified atom stereocenters. The predicted molar refractivity (Wildman–Crippen MR) is 80.8 cm³/mol. The highest BCUT2D eigenvalue weighted by atomic mass is 32.2. The van der Waals surface area contributed by atoms with Crippen LogP contribution in [-0.4, -0.2) is 32.4 Å². The van der Waals surface area contributed by atoms with Crippen molar-refractivity contribution in [2.45, 2.75) is 18.2 Å². The van der Waals surface area contributed by atoms with E-state index < -0.39 is 28.3 Å². The van der Waals surface area contributed by atoms with E-state index in [0.29, 0.717) is 6.54 Å². The van der Waals surface area contributed by atoms with Crippen molar-refractivity contribution in [1.82, 2.24) is 10.0 Å². The van der Waals surface area contributed by atoms with E-state index >= 15 is 0 Å². The second-order valence-corrected chi connectivity index (χ2v) is 6.39. The first-order valence-corrected chi connectivity index (χ1v) is 8.02. The van der Waals surface area contributed by atoms with Gasteiger partial charge in [0.1, 0.15) is 10.8 Å². The minimum atomic E-state index is -3.95. The maximum atomic E-state index is 13.4. The predicted octanol–water partition coefficient (Wildman–Crippen LogP) is 0.264. The quantitative estimate of drug-likeness (QED) is 0.622. The Morgan fingerprint density at radius 3 is 2.67 bits per heavy atom. The lowest BCUT2D eigenvalue weighted by Gasteiger charge is -2.09. The number of hydrogen-bond acceptors (Lipinski definition) is 4. The fraction of sp³-hybridized carbons (Fsp3) is 0.333. The molecule has 0 fully saturated rings. The summed E-state index contributed by atoms with van der Waals surface area (Å²) in [6.07, 6.45) is 0.744. The summed E-state index contributed by atoms with van der Waals surface area (Å²) in [6.45, 7) is 1.94. The van der Waals surface area contributed by atoms with Crippen molar-refractivity contribution in [3.63, 3.8) is 0 Å². The largest absolute Gasteiger partial charge is 0.389 e. The number of halogens is 1. The molecule has 0 aliphatic rings. The molecular weight excluding hydrogens is 317 g/mol. The van der Waals surface area contributed by atoms with E-state index in [1.807, 2.05) is 6.92 Å². The number of nitrogens with two attached hydrogens (primary N) is 1. The number of carbonyl (C=O) groups excluding carboxylic acids is 1. The van der Waals surface area contributed by atoms with E-state index in [4.69, 9.17) is 5.73 Å². The van der Waals surface area contributed by atoms with E-state index in [9.17, 15) is 17.6 Å². The molecule has 21 heavy (non-hydrogen) atoms. The average Bonchev–Trinajstić information content (AvgIpc) is 2.42. The van der Waals surface area contributed by atoms with Gasteiger partial charge in [-0.2, -0.15) is 0 Å². The Balaban J connectivity index is 2.86. The zero-order valence-electron chi connectivity index (χ0n) is 11.3. The monoisotopic (exact) mass is 333 g/mol. The Bertz CT molecular complexity index is 647. The molecular formula is C12H16FN3O3S2. The molecule has 1 amide bonds. The summed E-state index contributed by atoms with van der Waals surface area (Å²) in [7, 11) is -3.95. The Morgan fingerprint density at radius 1 is 1.43 bits per heavy atom. The van der Waals surface area contributed by atoms with Gasteiger partial charge in [0, 0.05) is 12.1 Å². The van der Waals surface area contributed by atoms with Crippen molar-refractivity contribution in [2.24, 2.45) is 5.73 Å². The fourth-order valence-corrected chi connectivity index (χ4v) is 2.60. The van der Waals surface area contributed by atoms with Gasteiger partial charge in [-0.1, -0.05) is 19.1 Å². The Hall–Kier alpha value is -1.58. The van der Waals surface area contributed by atoms with Gasteiger partial charge < -0.3 is 11.1 Å². The normalized spacial score (nSPS) is 11.1. The summed E-state index contributed by atoms with van der Waals surface area (Å²) in [5.41, 5.74) is 5.15. The number of amides is 1. The van der Waals surface area contributed by atoms with E-state index in [1.54, 1.807) is 0 Å². The van der Waals surface area contributed by atoms with Gasteiger partial charge in [-0.05, 0) is 24.6 Å². The molecule has 0 aliphatic carbocycles. The fourth-order valence-electron chi connectivity index (χ4n) is 1.43. The van der Waals surface area contributed by atoms with Gasteiger partial charge in [0.2, 0.25) is 15.9 Å². The number of benzene rings is 1. The number of hydrogen-bond donors (Lipinski definition) is 3. The van der Waals surface area contributed by atoms with Crippen LogP contribution in [0.1, 0.15) is 18.9 Å². The van der Waals surface area contributed by atoms with E-state index in [1.165, 1.54) is 0 Å². The van der Waals surface area contributed by atoms with Gasteiger partial charge in [0.25, 0.3) is 0 Å². The van der Waals surface area contributed by atoms with E-state index in [0.717, 1.165) is 24.6 Å². The first kappa shape index (κ1) is 17.5. The standard InChI is InChI=1S/C12H16FN3O3S2/c1-2-5-15-11(17)7-16-21(18,19)8-3-4-10(13)9(6-8)12(14)20/h3-4,6,16H,2,5,7H2,1H3,(H2,14,20)(H,15,17). The minimum Gasteiger partial charge on any atom is -0.389 e. The van der Waals surface area contributed by atoms with Crippen LogP contribution in [0.5, 0.6) is 0 Å². The molecule has 0 bridgehead atoms. The lowest BCUT2D eigenvalue weighted by atomic mass is 10.2. The van der Waals surface area contributed by atoms with Gasteiger partial charge in [0.15, 0.2) is 0 Å². The van der Waals surface area contributed by atoms with Crippen LogP contribution in [0.3, 0.4) is 0 Å². The molecule has 0 saturated heterocycles. The number of sulfonamides is 1. The van der Waals surface area contributed by atoms with Crippen LogP contribution in [0.2, 0.25) is 0 Å². The zero-order valence-corrected chi connectivity index (χ0v) is 13.0. The minimum absolute atomic E-state index is 0.164. The van der Waals surface area contributed by atoms with Crippen molar-refractivity contribution in [3.05, 3.63) is 29.6 Å². The molecule has 1 aromatic rings. The van der Waals surface area contributed by atoms with Crippen LogP contribution in [-0.2, 0) is 14.8 Å². The molecule has 0 radical (unpaired) electrons. The number of rotatable bonds is 7. The highest BCUT2D eigenvalue weighted by molar-refractivity contribution is 7.89. The lowest BCUT2D eigenvalue weighted by Crippen LogP contribution is -2.37. The molecule has 9 heteroatoms. The van der Waals surface area contributed by atoms with Crippen LogP contribution >= 0.6 is 12.2 Å². The summed E-state index contributed by atoms with van der Waals surface area (Å²) in [6, 6.07) is 3.06. The van der Waals surface area contributed by atoms with Gasteiger partial charge in [0.05, 0.1) is 11.4 Å². The molecule has 0 saturated carbocycles. The second-order valence-electron chi connectivity index (χ2n) is 4.18. The first-order chi connectivity index (χ1) is 9.77. The summed E-state index contributed by atoms with van der Waals surface area (Å²) in [4.78, 5) is 10.9. The first-order valence-electron chi connectivity index (χ1n) is 6.13. The molecule has 0 aromatic heterocycles. The zero-order chi connectivity index (χ0) is 16.0. The van der Waals surface area contributed by atoms with Crippen LogP contribution < -0.4 is 15.8 Å². The molecule has 0 atom stereocenters. The molecule has 0 aliphatic heterocycles. The number of carbonyl (C=O) groups is 1. The number of nitrogens with one attached hydrogen (secondary N) is 2. The van der Waals surface area contributed by atoms with Gasteiger partial charge in [-0.15, -0.1) is 0 Å². The van der Waals surface area contributed by atoms with Crippen LogP contribution in [0.15, 0.2) is 23.1 Å². The van der Waals surface area contributed by atoms with Crippen molar-refractivity contribution in [2.75, 3.05) is 13.1 Å². The second kappa shape index (κ2) is 7.43. The topological polar surface area (TPSA) is 101 Å². The third-order valence-electron chi connectivity index (χ3n) is 2.51. The molecule has 1 aromatic carbocycles. The average molecular weight is 333 g/mol. The summed E-state index contributed by atoms with van der Waals surface area (Å²) < 4.78 is 39.5. The molecule has 116 valence electrons. The highest BCUT2D eigenvalue weighted by Crippen LogP contribution is 2.15. The maximum Gasteiger partial charge on any atom is 0.241 e. The third-order valence-corrected chi connectivity index (χ3v) is 4.13. The Morgan fingerprint density at radius 2 is 2.10 bits per heavy atom. The van der Waals surface area contributed by atoms with Crippen LogP contribution in [0.25, 0.3) is 0 Å². The summed E-state index contributed by atoms with van der Waals surface area (Å²) in [5, 5.41) is 2.53. The smallest absolute Gasteiger partial charge is 0.241 e. The summed E-state index contributed by atoms with van der Waals surface area (Å²) in [5.74, 6) is -1.15. The van der Waals surface area contributed by atoms with Crippen molar-refractivity contribution < 1.29 is 17.6 Å². The van der Waals surface area contributed by atoms with Crippen molar-refractivity contribution in [3.8, 4) is 0 Å². The summed E-state index contributed by atoms with van der Waals surface area (Å²) >= 11 is 4.64. The van der Waals surface area contributed by atoms with Gasteiger partial charge in [-0.25, -0.2) is 17.5 Å². The van der Waals surface area contributed by atoms with E-state index in [-0.39, 0.29) is 15.4 Å². The number of thiocarbonyl (C=S) groups is 1. The molecule has 4 N–H and O–H groups in total. The van der Waals surface area contributed by atoms with Crippen LogP contribution in [0.4, 0.5) is 4.39 Å². The molecule has 1 rings (SSSR count). The third kappa shape index (κ3) is 5.03. The molecule has 6 nitrogen and oxygen atoms in total. The maximum absolute atomic E-state index is 13.4. The Kier molecular flexibility index (Phi) is 6.19. The Labute approximate surface area is 128 Å². The highest BCUT2D eigenvalue weighted by Gasteiger charge is 2.18. The van der Waals surface area contributed by atoms with Crippen LogP contribution in [0, 0.1) is 5.82 Å². The SMILES string of the molecule is CCCNC(=O)CNS(=O)(=O)c1ccc(F)c(C(N)=S)c1. The van der Waals surface area contributed by atoms with Crippen molar-refractivity contribution in [1.29, 1.82) is 0 Å². The lowest BCUT2D eigenvalue weighted by molar-refractivity contribution is -0.119. The van der Waals surface area contributed by atoms with E-state index in [2.05, 4.69) is 22.3 Å².